The molecule has 1 N–H and O–H groups in total. The SMILES string of the molecule is CC.CCONC(=O)/C=C/CC1CC1(F)Cl. The molecule has 1 saturated carbocycles. The number of hydrogen-bond donors (Lipinski definition) is 1. The van der Waals surface area contributed by atoms with Crippen LogP contribution in [0.1, 0.15) is 33.6 Å². The van der Waals surface area contributed by atoms with Crippen LogP contribution in [-0.4, -0.2) is 17.6 Å². The minimum absolute atomic E-state index is 0.152. The molecular formula is C11H19ClFNO2. The Morgan fingerprint density at radius 1 is 1.69 bits per heavy atom. The third-order valence-corrected chi connectivity index (χ3v) is 2.43. The maximum Gasteiger partial charge on any atom is 0.267 e. The summed E-state index contributed by atoms with van der Waals surface area (Å²) in [6.07, 6.45) is 3.77. The fraction of sp³-hybridized carbons (Fsp3) is 0.727. The molecule has 2 unspecified atom stereocenters. The Morgan fingerprint density at radius 2 is 2.25 bits per heavy atom. The molecule has 0 spiro atoms. The van der Waals surface area contributed by atoms with Gasteiger partial charge in [-0.1, -0.05) is 31.5 Å². The summed E-state index contributed by atoms with van der Waals surface area (Å²) in [6, 6.07) is 0. The van der Waals surface area contributed by atoms with E-state index in [1.807, 2.05) is 13.8 Å². The highest BCUT2D eigenvalue weighted by Gasteiger charge is 2.52. The molecule has 1 aliphatic rings. The van der Waals surface area contributed by atoms with Gasteiger partial charge in [-0.2, -0.15) is 0 Å². The number of halogens is 2. The van der Waals surface area contributed by atoms with Crippen LogP contribution in [0.4, 0.5) is 4.39 Å². The molecule has 1 amide bonds. The molecule has 1 aliphatic carbocycles. The number of hydrogen-bond acceptors (Lipinski definition) is 2. The van der Waals surface area contributed by atoms with E-state index in [2.05, 4.69) is 10.3 Å². The topological polar surface area (TPSA) is 38.3 Å². The summed E-state index contributed by atoms with van der Waals surface area (Å²) in [5.41, 5.74) is 2.19. The third-order valence-electron chi connectivity index (χ3n) is 1.96. The average molecular weight is 252 g/mol. The van der Waals surface area contributed by atoms with Gasteiger partial charge in [0.15, 0.2) is 5.13 Å². The lowest BCUT2D eigenvalue weighted by Gasteiger charge is -1.98. The minimum Gasteiger partial charge on any atom is -0.274 e. The average Bonchev–Trinajstić information content (AvgIpc) is 2.86. The molecule has 0 aliphatic heterocycles. The van der Waals surface area contributed by atoms with Crippen LogP contribution in [0.2, 0.25) is 0 Å². The highest BCUT2D eigenvalue weighted by Crippen LogP contribution is 2.52. The second-order valence-electron chi connectivity index (χ2n) is 3.20. The van der Waals surface area contributed by atoms with Gasteiger partial charge in [-0.05, 0) is 13.3 Å². The van der Waals surface area contributed by atoms with Gasteiger partial charge < -0.3 is 0 Å². The molecule has 2 atom stereocenters. The van der Waals surface area contributed by atoms with Gasteiger partial charge in [0.1, 0.15) is 0 Å². The first-order valence-electron chi connectivity index (χ1n) is 5.52. The third kappa shape index (κ3) is 6.08. The smallest absolute Gasteiger partial charge is 0.267 e. The molecular weight excluding hydrogens is 233 g/mol. The molecule has 94 valence electrons. The molecule has 0 saturated heterocycles. The van der Waals surface area contributed by atoms with Crippen molar-refractivity contribution < 1.29 is 14.0 Å². The van der Waals surface area contributed by atoms with Gasteiger partial charge in [-0.3, -0.25) is 9.63 Å². The Labute approximate surface area is 101 Å². The van der Waals surface area contributed by atoms with Gasteiger partial charge in [0.25, 0.3) is 5.91 Å². The first kappa shape index (κ1) is 15.4. The van der Waals surface area contributed by atoms with E-state index in [-0.39, 0.29) is 11.8 Å². The van der Waals surface area contributed by atoms with Crippen LogP contribution >= 0.6 is 11.6 Å². The van der Waals surface area contributed by atoms with E-state index in [0.29, 0.717) is 19.4 Å². The van der Waals surface area contributed by atoms with Gasteiger partial charge in [0.05, 0.1) is 6.61 Å². The number of amides is 1. The van der Waals surface area contributed by atoms with Crippen LogP contribution in [0.5, 0.6) is 0 Å². The standard InChI is InChI=1S/C9H13ClFNO2.C2H6/c1-2-14-12-8(13)5-3-4-7-6-9(7,10)11;1-2/h3,5,7H,2,4,6H2,1H3,(H,12,13);1-2H3/b5-3+;. The maximum atomic E-state index is 12.8. The lowest BCUT2D eigenvalue weighted by Crippen LogP contribution is -2.21. The number of alkyl halides is 2. The molecule has 0 aromatic carbocycles. The lowest BCUT2D eigenvalue weighted by molar-refractivity contribution is -0.128. The van der Waals surface area contributed by atoms with Crippen LogP contribution in [0, 0.1) is 5.92 Å². The van der Waals surface area contributed by atoms with Gasteiger partial charge in [0, 0.05) is 18.4 Å². The fourth-order valence-electron chi connectivity index (χ4n) is 1.04. The fourth-order valence-corrected chi connectivity index (χ4v) is 1.32. The zero-order valence-electron chi connectivity index (χ0n) is 9.93. The molecule has 1 fully saturated rings. The molecule has 0 aromatic heterocycles. The number of allylic oxidation sites excluding steroid dienone is 1. The van der Waals surface area contributed by atoms with Gasteiger partial charge >= 0.3 is 0 Å². The van der Waals surface area contributed by atoms with E-state index < -0.39 is 5.13 Å². The van der Waals surface area contributed by atoms with Gasteiger partial charge in [0.2, 0.25) is 0 Å². The minimum atomic E-state index is -1.54. The number of carbonyl (C=O) groups is 1. The summed E-state index contributed by atoms with van der Waals surface area (Å²) in [5.74, 6) is -0.494. The number of nitrogens with one attached hydrogen (secondary N) is 1. The van der Waals surface area contributed by atoms with Crippen LogP contribution < -0.4 is 5.48 Å². The van der Waals surface area contributed by atoms with Crippen molar-refractivity contribution in [3.8, 4) is 0 Å². The summed E-state index contributed by atoms with van der Waals surface area (Å²) < 4.78 is 12.8. The highest BCUT2D eigenvalue weighted by molar-refractivity contribution is 6.25. The van der Waals surface area contributed by atoms with E-state index in [9.17, 15) is 9.18 Å². The van der Waals surface area contributed by atoms with Crippen molar-refractivity contribution in [3.63, 3.8) is 0 Å². The van der Waals surface area contributed by atoms with Crippen molar-refractivity contribution in [1.29, 1.82) is 0 Å². The van der Waals surface area contributed by atoms with Crippen molar-refractivity contribution >= 4 is 17.5 Å². The second kappa shape index (κ2) is 7.63. The predicted molar refractivity (Wildman–Crippen MR) is 62.7 cm³/mol. The van der Waals surface area contributed by atoms with Crippen LogP contribution in [0.3, 0.4) is 0 Å². The molecule has 0 radical (unpaired) electrons. The Balaban J connectivity index is 0.00000106. The molecule has 0 heterocycles. The van der Waals surface area contributed by atoms with Crippen LogP contribution in [0.25, 0.3) is 0 Å². The van der Waals surface area contributed by atoms with Crippen LogP contribution in [-0.2, 0) is 9.63 Å². The Bertz CT molecular complexity index is 244. The molecule has 0 bridgehead atoms. The van der Waals surface area contributed by atoms with Crippen molar-refractivity contribution in [3.05, 3.63) is 12.2 Å². The molecule has 3 nitrogen and oxygen atoms in total. The summed E-state index contributed by atoms with van der Waals surface area (Å²) in [6.45, 7) is 6.18. The summed E-state index contributed by atoms with van der Waals surface area (Å²) in [5, 5.41) is -1.54. The van der Waals surface area contributed by atoms with E-state index >= 15 is 0 Å². The van der Waals surface area contributed by atoms with Crippen LogP contribution in [0.15, 0.2) is 12.2 Å². The lowest BCUT2D eigenvalue weighted by atomic mass is 10.2. The van der Waals surface area contributed by atoms with Crippen molar-refractivity contribution in [2.75, 3.05) is 6.61 Å². The highest BCUT2D eigenvalue weighted by atomic mass is 35.5. The van der Waals surface area contributed by atoms with Crippen molar-refractivity contribution in [1.82, 2.24) is 5.48 Å². The Kier molecular flexibility index (Phi) is 7.34. The first-order chi connectivity index (χ1) is 7.56. The van der Waals surface area contributed by atoms with E-state index in [1.165, 1.54) is 6.08 Å². The second-order valence-corrected chi connectivity index (χ2v) is 3.83. The first-order valence-corrected chi connectivity index (χ1v) is 5.90. The molecule has 0 aromatic rings. The zero-order valence-corrected chi connectivity index (χ0v) is 10.7. The molecule has 5 heteroatoms. The maximum absolute atomic E-state index is 12.8. The quantitative estimate of drug-likeness (QED) is 0.464. The van der Waals surface area contributed by atoms with E-state index in [4.69, 9.17) is 11.6 Å². The van der Waals surface area contributed by atoms with E-state index in [1.54, 1.807) is 13.0 Å². The van der Waals surface area contributed by atoms with Crippen molar-refractivity contribution in [2.24, 2.45) is 5.92 Å². The number of carbonyl (C=O) groups excluding carboxylic acids is 1. The molecule has 1 rings (SSSR count). The summed E-state index contributed by atoms with van der Waals surface area (Å²) in [4.78, 5) is 15.6. The number of rotatable bonds is 5. The van der Waals surface area contributed by atoms with Gasteiger partial charge in [-0.25, -0.2) is 9.87 Å². The Hall–Kier alpha value is -0.610. The van der Waals surface area contributed by atoms with Crippen molar-refractivity contribution in [2.45, 2.75) is 38.7 Å². The Morgan fingerprint density at radius 3 is 2.69 bits per heavy atom. The normalized spacial score (nSPS) is 27.2. The van der Waals surface area contributed by atoms with Gasteiger partial charge in [-0.15, -0.1) is 0 Å². The zero-order chi connectivity index (χ0) is 12.6. The largest absolute Gasteiger partial charge is 0.274 e. The summed E-state index contributed by atoms with van der Waals surface area (Å²) in [7, 11) is 0. The molecule has 16 heavy (non-hydrogen) atoms. The number of hydroxylamine groups is 1. The summed E-state index contributed by atoms with van der Waals surface area (Å²) >= 11 is 5.38. The monoisotopic (exact) mass is 251 g/mol. The van der Waals surface area contributed by atoms with E-state index in [0.717, 1.165) is 0 Å². The predicted octanol–water partition coefficient (Wildman–Crippen LogP) is 2.95.